The van der Waals surface area contributed by atoms with Gasteiger partial charge in [-0.3, -0.25) is 0 Å². The minimum atomic E-state index is -1.06. The zero-order valence-electron chi connectivity index (χ0n) is 9.54. The number of hydrogen-bond acceptors (Lipinski definition) is 1. The molecule has 2 rings (SSSR count). The molecule has 1 nitrogen and oxygen atoms in total. The third kappa shape index (κ3) is 1.44. The van der Waals surface area contributed by atoms with E-state index in [1.165, 1.54) is 11.4 Å². The van der Waals surface area contributed by atoms with Crippen LogP contribution in [0.5, 0.6) is 0 Å². The molecule has 0 aliphatic carbocycles. The van der Waals surface area contributed by atoms with Gasteiger partial charge in [-0.1, -0.05) is 44.4 Å². The molecule has 0 bridgehead atoms. The molecule has 1 heterocycles. The van der Waals surface area contributed by atoms with Crippen LogP contribution in [0.25, 0.3) is 0 Å². The van der Waals surface area contributed by atoms with Gasteiger partial charge in [0.05, 0.1) is 0 Å². The lowest BCUT2D eigenvalue weighted by atomic mass is 10.3. The molecule has 0 aromatic heterocycles. The van der Waals surface area contributed by atoms with E-state index in [2.05, 4.69) is 60.8 Å². The van der Waals surface area contributed by atoms with E-state index in [0.29, 0.717) is 0 Å². The molecule has 0 saturated carbocycles. The van der Waals surface area contributed by atoms with Crippen LogP contribution in [0.1, 0.15) is 0 Å². The van der Waals surface area contributed by atoms with Crippen LogP contribution in [-0.4, -0.2) is 16.5 Å². The zero-order valence-corrected chi connectivity index (χ0v) is 11.5. The number of benzene rings is 1. The van der Waals surface area contributed by atoms with Crippen molar-refractivity contribution in [2.24, 2.45) is 0 Å². The predicted molar refractivity (Wildman–Crippen MR) is 68.7 cm³/mol. The molecule has 0 N–H and O–H groups in total. The van der Waals surface area contributed by atoms with Crippen LogP contribution in [0, 0.1) is 0 Å². The molecular weight excluding hydrogens is 202 g/mol. The Balaban J connectivity index is 2.34. The molecular formula is C11H19NSi2. The minimum Gasteiger partial charge on any atom is -0.424 e. The number of hydrogen-bond donors (Lipinski definition) is 0. The monoisotopic (exact) mass is 221 g/mol. The van der Waals surface area contributed by atoms with Crippen LogP contribution in [0.15, 0.2) is 30.3 Å². The highest BCUT2D eigenvalue weighted by molar-refractivity contribution is 7.16. The maximum atomic E-state index is 2.79. The molecule has 1 aliphatic rings. The third-order valence-electron chi connectivity index (χ3n) is 3.09. The van der Waals surface area contributed by atoms with Crippen molar-refractivity contribution in [1.29, 1.82) is 0 Å². The molecule has 0 spiro atoms. The van der Waals surface area contributed by atoms with Crippen molar-refractivity contribution in [2.45, 2.75) is 31.9 Å². The van der Waals surface area contributed by atoms with Gasteiger partial charge < -0.3 is 4.23 Å². The van der Waals surface area contributed by atoms with Gasteiger partial charge in [0, 0.05) is 5.69 Å². The highest BCUT2D eigenvalue weighted by Crippen LogP contribution is 2.42. The molecule has 3 heteroatoms. The van der Waals surface area contributed by atoms with E-state index >= 15 is 0 Å². The first-order valence-corrected chi connectivity index (χ1v) is 11.6. The Kier molecular flexibility index (Phi) is 2.12. The topological polar surface area (TPSA) is 3.24 Å². The van der Waals surface area contributed by atoms with Gasteiger partial charge in [-0.25, -0.2) is 0 Å². The Hall–Kier alpha value is -0.546. The SMILES string of the molecule is C[Si]1(C)C[Si](C)(C)N1c1ccccc1. The highest BCUT2D eigenvalue weighted by atomic mass is 28.5. The Morgan fingerprint density at radius 2 is 1.43 bits per heavy atom. The van der Waals surface area contributed by atoms with Gasteiger partial charge in [-0.05, 0) is 17.8 Å². The second-order valence-electron chi connectivity index (χ2n) is 5.47. The summed E-state index contributed by atoms with van der Waals surface area (Å²) in [5.74, 6) is 0. The fourth-order valence-electron chi connectivity index (χ4n) is 3.22. The van der Waals surface area contributed by atoms with Crippen molar-refractivity contribution in [3.63, 3.8) is 0 Å². The van der Waals surface area contributed by atoms with E-state index in [9.17, 15) is 0 Å². The Bertz CT molecular complexity index is 318. The lowest BCUT2D eigenvalue weighted by molar-refractivity contribution is 1.23. The summed E-state index contributed by atoms with van der Waals surface area (Å²) in [7, 11) is -2.12. The normalized spacial score (nSPS) is 23.0. The van der Waals surface area contributed by atoms with E-state index in [1.54, 1.807) is 0 Å². The van der Waals surface area contributed by atoms with Crippen LogP contribution in [-0.2, 0) is 0 Å². The lowest BCUT2D eigenvalue weighted by Gasteiger charge is -2.60. The molecule has 1 aromatic rings. The first-order chi connectivity index (χ1) is 6.43. The lowest BCUT2D eigenvalue weighted by Crippen LogP contribution is -2.75. The number of rotatable bonds is 1. The first kappa shape index (κ1) is 9.99. The first-order valence-electron chi connectivity index (χ1n) is 5.29. The molecule has 14 heavy (non-hydrogen) atoms. The van der Waals surface area contributed by atoms with E-state index in [-0.39, 0.29) is 0 Å². The molecule has 1 saturated heterocycles. The van der Waals surface area contributed by atoms with E-state index in [0.717, 1.165) is 0 Å². The molecule has 76 valence electrons. The maximum Gasteiger partial charge on any atom is 0.140 e. The standard InChI is InChI=1S/C11H19NSi2/c1-13(2)10-14(3,4)12(13)11-8-6-5-7-9-11/h5-9H,10H2,1-4H3. The third-order valence-corrected chi connectivity index (χ3v) is 16.6. The summed E-state index contributed by atoms with van der Waals surface area (Å²) in [5, 5.41) is 0. The van der Waals surface area contributed by atoms with Crippen molar-refractivity contribution in [3.05, 3.63) is 30.3 Å². The Labute approximate surface area is 88.9 Å². The zero-order chi connectivity index (χ0) is 10.4. The highest BCUT2D eigenvalue weighted by Gasteiger charge is 2.53. The second-order valence-corrected chi connectivity index (χ2v) is 15.5. The van der Waals surface area contributed by atoms with Crippen LogP contribution >= 0.6 is 0 Å². The summed E-state index contributed by atoms with van der Waals surface area (Å²) in [6, 6.07) is 10.9. The molecule has 0 unspecified atom stereocenters. The van der Waals surface area contributed by atoms with Gasteiger partial charge in [0.25, 0.3) is 0 Å². The summed E-state index contributed by atoms with van der Waals surface area (Å²) >= 11 is 0. The summed E-state index contributed by atoms with van der Waals surface area (Å²) in [6.45, 7) is 9.94. The van der Waals surface area contributed by atoms with Crippen LogP contribution in [0.4, 0.5) is 5.69 Å². The summed E-state index contributed by atoms with van der Waals surface area (Å²) < 4.78 is 2.79. The minimum absolute atomic E-state index is 1.06. The van der Waals surface area contributed by atoms with Crippen LogP contribution < -0.4 is 4.23 Å². The number of nitrogens with zero attached hydrogens (tertiary/aromatic N) is 1. The van der Waals surface area contributed by atoms with E-state index in [4.69, 9.17) is 0 Å². The fourth-order valence-corrected chi connectivity index (χ4v) is 20.5. The molecule has 0 atom stereocenters. The quantitative estimate of drug-likeness (QED) is 0.657. The van der Waals surface area contributed by atoms with Crippen molar-refractivity contribution < 1.29 is 0 Å². The van der Waals surface area contributed by atoms with Gasteiger partial charge in [0.2, 0.25) is 0 Å². The Morgan fingerprint density at radius 1 is 0.929 bits per heavy atom. The number of para-hydroxylation sites is 1. The van der Waals surface area contributed by atoms with Crippen molar-refractivity contribution in [1.82, 2.24) is 0 Å². The smallest absolute Gasteiger partial charge is 0.140 e. The van der Waals surface area contributed by atoms with Gasteiger partial charge in [-0.15, -0.1) is 0 Å². The van der Waals surface area contributed by atoms with E-state index in [1.807, 2.05) is 0 Å². The Morgan fingerprint density at radius 3 is 1.86 bits per heavy atom. The summed E-state index contributed by atoms with van der Waals surface area (Å²) in [5.41, 5.74) is 3.00. The van der Waals surface area contributed by atoms with Crippen molar-refractivity contribution >= 4 is 22.2 Å². The van der Waals surface area contributed by atoms with Crippen LogP contribution in [0.2, 0.25) is 31.9 Å². The second kappa shape index (κ2) is 2.97. The largest absolute Gasteiger partial charge is 0.424 e. The summed E-state index contributed by atoms with van der Waals surface area (Å²) in [4.78, 5) is 0. The maximum absolute atomic E-state index is 2.79. The van der Waals surface area contributed by atoms with Crippen molar-refractivity contribution in [3.8, 4) is 0 Å². The van der Waals surface area contributed by atoms with Crippen LogP contribution in [0.3, 0.4) is 0 Å². The molecule has 1 fully saturated rings. The predicted octanol–water partition coefficient (Wildman–Crippen LogP) is 3.46. The average molecular weight is 221 g/mol. The van der Waals surface area contributed by atoms with Gasteiger partial charge in [-0.2, -0.15) is 0 Å². The molecule has 1 aromatic carbocycles. The van der Waals surface area contributed by atoms with Gasteiger partial charge in [0.15, 0.2) is 0 Å². The average Bonchev–Trinajstić information content (AvgIpc) is 2.01. The molecule has 1 aliphatic heterocycles. The molecule has 0 radical (unpaired) electrons. The fraction of sp³-hybridized carbons (Fsp3) is 0.455. The number of anilines is 1. The van der Waals surface area contributed by atoms with Crippen molar-refractivity contribution in [2.75, 3.05) is 4.23 Å². The van der Waals surface area contributed by atoms with Gasteiger partial charge >= 0.3 is 0 Å². The van der Waals surface area contributed by atoms with E-state index < -0.39 is 16.5 Å². The molecule has 0 amide bonds. The summed E-state index contributed by atoms with van der Waals surface area (Å²) in [6.07, 6.45) is 0. The van der Waals surface area contributed by atoms with Gasteiger partial charge in [0.1, 0.15) is 16.5 Å².